The number of carbonyl (C=O) groups is 1. The number of rotatable bonds is 12. The largest absolute Gasteiger partial charge is 0.506 e. The standard InChI is InChI=1S/C15H12N4O2S.C13H8ClN3OS.C13H18N8S2.C9H6Cl2N4OS2/c1-9(20)16-12-8-10(6-7-13(12)21)18-19-15-17-11-4-2-3-5-14(11)22-15;14-9-7-8(5-6-11(9)18)16-17-13-15-10-3-1-2-4-12(10)19-13;1-6-22-12-18-17-11(23-12)16-15-8-9(13(3,4)5)20-21-10(8)14-7(2)19-21;1-17-9-15-14-8(18-9)13-12-6-2-5(11)7(16)3-4(6)10/h2-8,21H,1H3,(H,16,20);1-7,18H;20H,6H2,1-5H3;2-3,16H,1H3. The van der Waals surface area contributed by atoms with E-state index in [1.54, 1.807) is 40.7 Å². The highest BCUT2D eigenvalue weighted by Gasteiger charge is 2.25. The summed E-state index contributed by atoms with van der Waals surface area (Å²) in [7, 11) is 0. The fourth-order valence-corrected chi connectivity index (χ4v) is 11.3. The van der Waals surface area contributed by atoms with Gasteiger partial charge in [-0.15, -0.1) is 66.4 Å². The van der Waals surface area contributed by atoms with Crippen molar-refractivity contribution in [3.63, 3.8) is 0 Å². The van der Waals surface area contributed by atoms with Crippen LogP contribution < -0.4 is 5.32 Å². The summed E-state index contributed by atoms with van der Waals surface area (Å²) >= 11 is 26.2. The molecule has 1 amide bonds. The summed E-state index contributed by atoms with van der Waals surface area (Å²) < 4.78 is 5.46. The molecule has 32 heteroatoms. The number of halogens is 3. The van der Waals surface area contributed by atoms with Gasteiger partial charge in [-0.2, -0.15) is 4.63 Å². The minimum Gasteiger partial charge on any atom is -0.506 e. The number of carbonyl (C=O) groups excluding carboxylic acids is 1. The number of amides is 1. The lowest BCUT2D eigenvalue weighted by molar-refractivity contribution is -0.114. The first-order chi connectivity index (χ1) is 39.3. The van der Waals surface area contributed by atoms with Crippen LogP contribution in [0, 0.1) is 6.92 Å². The third kappa shape index (κ3) is 16.6. The number of aromatic amines is 1. The number of thioether (sulfide) groups is 2. The number of aromatic nitrogens is 10. The molecule has 420 valence electrons. The Hall–Kier alpha value is -7.48. The maximum atomic E-state index is 11.1. The number of fused-ring (bicyclic) bond motifs is 3. The van der Waals surface area contributed by atoms with Crippen LogP contribution in [0.4, 0.5) is 49.0 Å². The molecule has 6 aromatic heterocycles. The number of aryl methyl sites for hydroxylation is 1. The summed E-state index contributed by atoms with van der Waals surface area (Å²) in [6, 6.07) is 27.6. The molecule has 6 heterocycles. The molecule has 0 saturated carbocycles. The lowest BCUT2D eigenvalue weighted by Crippen LogP contribution is -2.12. The molecular formula is C50H44Cl3N19O4S6. The molecule has 0 bridgehead atoms. The number of anilines is 1. The van der Waals surface area contributed by atoms with E-state index < -0.39 is 0 Å². The zero-order valence-corrected chi connectivity index (χ0v) is 51.0. The number of thiazole rings is 2. The number of nitrogens with one attached hydrogen (secondary N) is 2. The predicted molar refractivity (Wildman–Crippen MR) is 328 cm³/mol. The lowest BCUT2D eigenvalue weighted by atomic mass is 9.91. The minimum absolute atomic E-state index is 0.0193. The molecule has 0 fully saturated rings. The maximum absolute atomic E-state index is 11.1. The summed E-state index contributed by atoms with van der Waals surface area (Å²) in [6.07, 6.45) is 1.90. The molecule has 0 unspecified atom stereocenters. The van der Waals surface area contributed by atoms with Crippen molar-refractivity contribution >= 4 is 185 Å². The van der Waals surface area contributed by atoms with E-state index in [0.717, 1.165) is 40.6 Å². The van der Waals surface area contributed by atoms with E-state index >= 15 is 0 Å². The Morgan fingerprint density at radius 3 is 1.78 bits per heavy atom. The van der Waals surface area contributed by atoms with Crippen LogP contribution in [-0.2, 0) is 10.2 Å². The van der Waals surface area contributed by atoms with Gasteiger partial charge in [0.05, 0.1) is 58.3 Å². The Kier molecular flexibility index (Phi) is 20.7. The molecule has 0 spiro atoms. The Bertz CT molecular complexity index is 4080. The molecule has 0 saturated heterocycles. The van der Waals surface area contributed by atoms with E-state index in [4.69, 9.17) is 34.8 Å². The monoisotopic (exact) mass is 1270 g/mol. The average molecular weight is 1270 g/mol. The first-order valence-electron chi connectivity index (χ1n) is 23.8. The number of aromatic hydroxyl groups is 3. The number of hydrogen-bond acceptors (Lipinski definition) is 26. The van der Waals surface area contributed by atoms with Crippen molar-refractivity contribution in [2.45, 2.75) is 55.6 Å². The summed E-state index contributed by atoms with van der Waals surface area (Å²) in [5.74, 6) is 1.29. The van der Waals surface area contributed by atoms with Gasteiger partial charge in [0, 0.05) is 18.4 Å². The molecule has 5 aromatic carbocycles. The highest BCUT2D eigenvalue weighted by atomic mass is 35.5. The number of benzene rings is 5. The van der Waals surface area contributed by atoms with Crippen LogP contribution in [0.15, 0.2) is 147 Å². The van der Waals surface area contributed by atoms with Gasteiger partial charge in [0.1, 0.15) is 28.8 Å². The van der Waals surface area contributed by atoms with Crippen LogP contribution in [0.2, 0.25) is 15.1 Å². The quantitative estimate of drug-likeness (QED) is 0.0432. The first-order valence-corrected chi connectivity index (χ1v) is 30.4. The molecule has 23 nitrogen and oxygen atoms in total. The molecule has 5 N–H and O–H groups in total. The molecule has 0 aliphatic rings. The molecule has 0 radical (unpaired) electrons. The predicted octanol–water partition coefficient (Wildman–Crippen LogP) is 18.2. The maximum Gasteiger partial charge on any atom is 0.252 e. The normalized spacial score (nSPS) is 11.7. The van der Waals surface area contributed by atoms with Gasteiger partial charge in [0.25, 0.3) is 10.3 Å². The number of phenols is 3. The second-order valence-corrected chi connectivity index (χ2v) is 25.0. The Balaban J connectivity index is 0.000000144. The number of hydrogen-bond donors (Lipinski definition) is 5. The third-order valence-corrected chi connectivity index (χ3v) is 16.5. The van der Waals surface area contributed by atoms with Gasteiger partial charge in [0.15, 0.2) is 14.4 Å². The number of H-pyrrole nitrogens is 1. The van der Waals surface area contributed by atoms with Crippen molar-refractivity contribution in [3.8, 4) is 17.2 Å². The summed E-state index contributed by atoms with van der Waals surface area (Å²) in [6.45, 7) is 11.6. The van der Waals surface area contributed by atoms with Gasteiger partial charge in [-0.3, -0.25) is 9.89 Å². The molecule has 11 aromatic rings. The van der Waals surface area contributed by atoms with E-state index in [-0.39, 0.29) is 43.6 Å². The second-order valence-electron chi connectivity index (χ2n) is 17.3. The van der Waals surface area contributed by atoms with Crippen LogP contribution in [0.1, 0.15) is 46.1 Å². The van der Waals surface area contributed by atoms with Gasteiger partial charge < -0.3 is 20.6 Å². The SMILES string of the molecule is CC(=O)Nc1cc(N=Nc2nc3ccccc3s2)ccc1O.CCSc1nnc(N=Nc2c(C(C)(C)C)[nH]n3nc(C)nc23)s1.CSc1nnc(N=Nc2cc(Cl)c(O)cc2Cl)s1.Oc1ccc(N=Nc2nc3ccccc3s2)cc1Cl. The third-order valence-electron chi connectivity index (χ3n) is 10.1. The van der Waals surface area contributed by atoms with Crippen LogP contribution in [-0.4, -0.2) is 83.4 Å². The molecule has 0 atom stereocenters. The highest BCUT2D eigenvalue weighted by Crippen LogP contribution is 2.39. The summed E-state index contributed by atoms with van der Waals surface area (Å²) in [5.41, 5.74) is 5.70. The number of para-hydroxylation sites is 2. The van der Waals surface area contributed by atoms with Crippen LogP contribution in [0.3, 0.4) is 0 Å². The van der Waals surface area contributed by atoms with E-state index in [0.29, 0.717) is 60.4 Å². The second kappa shape index (κ2) is 28.0. The minimum atomic E-state index is -0.268. The van der Waals surface area contributed by atoms with Crippen molar-refractivity contribution in [1.82, 2.24) is 50.2 Å². The van der Waals surface area contributed by atoms with E-state index in [9.17, 15) is 20.1 Å². The van der Waals surface area contributed by atoms with Crippen LogP contribution in [0.25, 0.3) is 26.1 Å². The van der Waals surface area contributed by atoms with E-state index in [2.05, 4.69) is 119 Å². The lowest BCUT2D eigenvalue weighted by Gasteiger charge is -2.16. The van der Waals surface area contributed by atoms with Gasteiger partial charge in [-0.1, -0.05) is 156 Å². The topological polar surface area (TPSA) is 312 Å². The molecule has 11 rings (SSSR count). The fraction of sp³-hybridized carbons (Fsp3) is 0.180. The van der Waals surface area contributed by atoms with Crippen molar-refractivity contribution in [1.29, 1.82) is 0 Å². The first kappa shape index (κ1) is 60.6. The Labute approximate surface area is 505 Å². The van der Waals surface area contributed by atoms with Gasteiger partial charge in [-0.05, 0) is 85.7 Å². The van der Waals surface area contributed by atoms with Crippen molar-refractivity contribution in [3.05, 3.63) is 124 Å². The molecule has 0 aliphatic heterocycles. The smallest absolute Gasteiger partial charge is 0.252 e. The van der Waals surface area contributed by atoms with E-state index in [1.165, 1.54) is 88.3 Å². The summed E-state index contributed by atoms with van der Waals surface area (Å²) in [4.78, 5) is 24.2. The van der Waals surface area contributed by atoms with Gasteiger partial charge in [-0.25, -0.2) is 15.0 Å². The van der Waals surface area contributed by atoms with E-state index in [1.807, 2.05) is 61.7 Å². The van der Waals surface area contributed by atoms with Gasteiger partial charge in [0.2, 0.25) is 21.8 Å². The van der Waals surface area contributed by atoms with Crippen molar-refractivity contribution in [2.75, 3.05) is 17.3 Å². The highest BCUT2D eigenvalue weighted by molar-refractivity contribution is 8.01. The molecular weight excluding hydrogens is 1230 g/mol. The number of nitrogens with zero attached hydrogens (tertiary/aromatic N) is 17. The van der Waals surface area contributed by atoms with Crippen molar-refractivity contribution < 1.29 is 20.1 Å². The zero-order valence-electron chi connectivity index (χ0n) is 43.9. The van der Waals surface area contributed by atoms with Crippen molar-refractivity contribution in [2.24, 2.45) is 40.9 Å². The van der Waals surface area contributed by atoms with Crippen LogP contribution in [0.5, 0.6) is 17.2 Å². The number of azo groups is 4. The average Bonchev–Trinajstić information content (AvgIpc) is 4.44. The van der Waals surface area contributed by atoms with Gasteiger partial charge >= 0.3 is 0 Å². The Morgan fingerprint density at radius 2 is 1.21 bits per heavy atom. The zero-order chi connectivity index (χ0) is 58.5. The Morgan fingerprint density at radius 1 is 0.646 bits per heavy atom. The van der Waals surface area contributed by atoms with Crippen LogP contribution >= 0.6 is 104 Å². The summed E-state index contributed by atoms with van der Waals surface area (Å²) in [5, 5.41) is 89.8. The number of phenolic OH excluding ortho intramolecular Hbond substituents is 3. The molecule has 0 aliphatic carbocycles. The molecule has 82 heavy (non-hydrogen) atoms. The fourth-order valence-electron chi connectivity index (χ4n) is 6.52.